The van der Waals surface area contributed by atoms with Crippen molar-refractivity contribution in [3.8, 4) is 5.75 Å². The van der Waals surface area contributed by atoms with Crippen LogP contribution in [0.1, 0.15) is 72.6 Å². The molecule has 1 aliphatic rings. The lowest BCUT2D eigenvalue weighted by Crippen LogP contribution is -2.38. The first kappa shape index (κ1) is 21.9. The molecule has 0 aromatic heterocycles. The van der Waals surface area contributed by atoms with Gasteiger partial charge in [-0.25, -0.2) is 0 Å². The lowest BCUT2D eigenvalue weighted by Gasteiger charge is -2.31. The molecule has 2 aromatic carbocycles. The third-order valence-electron chi connectivity index (χ3n) is 5.73. The van der Waals surface area contributed by atoms with E-state index in [9.17, 15) is 9.59 Å². The second-order valence-corrected chi connectivity index (χ2v) is 7.93. The summed E-state index contributed by atoms with van der Waals surface area (Å²) in [5, 5.41) is 2.91. The van der Waals surface area contributed by atoms with Crippen molar-refractivity contribution >= 4 is 17.5 Å². The van der Waals surface area contributed by atoms with Gasteiger partial charge in [0.05, 0.1) is 17.9 Å². The second kappa shape index (κ2) is 10.8. The van der Waals surface area contributed by atoms with Gasteiger partial charge in [-0.3, -0.25) is 9.59 Å². The molecule has 160 valence electrons. The molecule has 1 fully saturated rings. The average molecular weight is 409 g/mol. The quantitative estimate of drug-likeness (QED) is 0.585. The van der Waals surface area contributed by atoms with Crippen molar-refractivity contribution in [2.24, 2.45) is 0 Å². The summed E-state index contributed by atoms with van der Waals surface area (Å²) >= 11 is 0. The van der Waals surface area contributed by atoms with Gasteiger partial charge < -0.3 is 15.0 Å². The Morgan fingerprint density at radius 1 is 1.03 bits per heavy atom. The maximum Gasteiger partial charge on any atom is 0.255 e. The molecule has 0 spiro atoms. The zero-order chi connectivity index (χ0) is 21.3. The van der Waals surface area contributed by atoms with E-state index in [2.05, 4.69) is 12.2 Å². The van der Waals surface area contributed by atoms with Crippen molar-refractivity contribution in [3.63, 3.8) is 0 Å². The van der Waals surface area contributed by atoms with Crippen molar-refractivity contribution in [1.82, 2.24) is 4.90 Å². The summed E-state index contributed by atoms with van der Waals surface area (Å²) < 4.78 is 5.65. The van der Waals surface area contributed by atoms with Crippen molar-refractivity contribution in [2.45, 2.75) is 57.9 Å². The number of para-hydroxylation sites is 1. The number of amides is 2. The normalized spacial score (nSPS) is 14.2. The van der Waals surface area contributed by atoms with E-state index < -0.39 is 0 Å². The number of carbonyl (C=O) groups is 2. The van der Waals surface area contributed by atoms with Crippen LogP contribution in [-0.2, 0) is 0 Å². The SMILES string of the molecule is CCCCOc1ccc(C(=O)Nc2ccccc2C(=O)N(C)C2CCCCC2)cc1. The Labute approximate surface area is 179 Å². The molecule has 2 aromatic rings. The molecule has 3 rings (SSSR count). The first-order valence-corrected chi connectivity index (χ1v) is 11.0. The minimum atomic E-state index is -0.240. The van der Waals surface area contributed by atoms with Crippen molar-refractivity contribution < 1.29 is 14.3 Å². The number of hydrogen-bond donors (Lipinski definition) is 1. The number of ether oxygens (including phenoxy) is 1. The smallest absolute Gasteiger partial charge is 0.255 e. The molecule has 30 heavy (non-hydrogen) atoms. The van der Waals surface area contributed by atoms with Crippen LogP contribution in [0.3, 0.4) is 0 Å². The van der Waals surface area contributed by atoms with Crippen LogP contribution in [0.4, 0.5) is 5.69 Å². The summed E-state index contributed by atoms with van der Waals surface area (Å²) in [5.41, 5.74) is 1.60. The fraction of sp³-hybridized carbons (Fsp3) is 0.440. The molecule has 0 radical (unpaired) electrons. The van der Waals surface area contributed by atoms with Gasteiger partial charge in [0.25, 0.3) is 11.8 Å². The molecule has 0 atom stereocenters. The zero-order valence-electron chi connectivity index (χ0n) is 18.0. The molecule has 5 nitrogen and oxygen atoms in total. The van der Waals surface area contributed by atoms with Gasteiger partial charge in [0, 0.05) is 18.7 Å². The topological polar surface area (TPSA) is 58.6 Å². The monoisotopic (exact) mass is 408 g/mol. The molecule has 5 heteroatoms. The van der Waals surface area contributed by atoms with Gasteiger partial charge >= 0.3 is 0 Å². The molecule has 1 N–H and O–H groups in total. The predicted molar refractivity (Wildman–Crippen MR) is 120 cm³/mol. The van der Waals surface area contributed by atoms with Crippen LogP contribution < -0.4 is 10.1 Å². The summed E-state index contributed by atoms with van der Waals surface area (Å²) in [6.45, 7) is 2.79. The third-order valence-corrected chi connectivity index (χ3v) is 5.73. The van der Waals surface area contributed by atoms with Crippen LogP contribution in [0.2, 0.25) is 0 Å². The highest BCUT2D eigenvalue weighted by atomic mass is 16.5. The number of anilines is 1. The fourth-order valence-electron chi connectivity index (χ4n) is 3.83. The summed E-state index contributed by atoms with van der Waals surface area (Å²) in [6, 6.07) is 14.6. The number of carbonyl (C=O) groups excluding carboxylic acids is 2. The van der Waals surface area contributed by atoms with Crippen LogP contribution in [0.25, 0.3) is 0 Å². The van der Waals surface area contributed by atoms with E-state index in [-0.39, 0.29) is 17.9 Å². The van der Waals surface area contributed by atoms with Crippen molar-refractivity contribution in [1.29, 1.82) is 0 Å². The van der Waals surface area contributed by atoms with Gasteiger partial charge in [-0.05, 0) is 55.7 Å². The Morgan fingerprint density at radius 2 is 1.73 bits per heavy atom. The van der Waals surface area contributed by atoms with Crippen LogP contribution in [0, 0.1) is 0 Å². The van der Waals surface area contributed by atoms with E-state index >= 15 is 0 Å². The van der Waals surface area contributed by atoms with E-state index in [1.165, 1.54) is 19.3 Å². The van der Waals surface area contributed by atoms with Gasteiger partial charge in [0.15, 0.2) is 0 Å². The molecule has 0 unspecified atom stereocenters. The number of nitrogens with zero attached hydrogens (tertiary/aromatic N) is 1. The standard InChI is InChI=1S/C25H32N2O3/c1-3-4-18-30-21-16-14-19(15-17-21)24(28)26-23-13-9-8-12-22(23)25(29)27(2)20-10-6-5-7-11-20/h8-9,12-17,20H,3-7,10-11,18H2,1-2H3,(H,26,28). The molecule has 1 saturated carbocycles. The highest BCUT2D eigenvalue weighted by molar-refractivity contribution is 6.09. The van der Waals surface area contributed by atoms with E-state index in [4.69, 9.17) is 4.74 Å². The lowest BCUT2D eigenvalue weighted by molar-refractivity contribution is 0.0697. The number of nitrogens with one attached hydrogen (secondary N) is 1. The summed E-state index contributed by atoms with van der Waals surface area (Å²) in [6.07, 6.45) is 7.75. The van der Waals surface area contributed by atoms with Gasteiger partial charge in [0.1, 0.15) is 5.75 Å². The first-order valence-electron chi connectivity index (χ1n) is 11.0. The van der Waals surface area contributed by atoms with E-state index in [0.717, 1.165) is 31.4 Å². The molecule has 1 aliphatic carbocycles. The molecular weight excluding hydrogens is 376 g/mol. The predicted octanol–water partition coefficient (Wildman–Crippen LogP) is 5.52. The first-order chi connectivity index (χ1) is 14.6. The van der Waals surface area contributed by atoms with Crippen molar-refractivity contribution in [3.05, 3.63) is 59.7 Å². The average Bonchev–Trinajstić information content (AvgIpc) is 2.79. The molecular formula is C25H32N2O3. The highest BCUT2D eigenvalue weighted by Crippen LogP contribution is 2.25. The van der Waals surface area contributed by atoms with Gasteiger partial charge in [-0.1, -0.05) is 44.7 Å². The third kappa shape index (κ3) is 5.62. The number of benzene rings is 2. The van der Waals surface area contributed by atoms with Gasteiger partial charge in [-0.2, -0.15) is 0 Å². The van der Waals surface area contributed by atoms with E-state index in [0.29, 0.717) is 23.4 Å². The Kier molecular flexibility index (Phi) is 7.89. The highest BCUT2D eigenvalue weighted by Gasteiger charge is 2.25. The van der Waals surface area contributed by atoms with Crippen LogP contribution in [-0.4, -0.2) is 36.4 Å². The summed E-state index contributed by atoms with van der Waals surface area (Å²) in [5.74, 6) is 0.470. The minimum Gasteiger partial charge on any atom is -0.494 e. The molecule has 0 saturated heterocycles. The number of unbranched alkanes of at least 4 members (excludes halogenated alkanes) is 1. The van der Waals surface area contributed by atoms with Crippen molar-refractivity contribution in [2.75, 3.05) is 19.0 Å². The molecule has 0 aliphatic heterocycles. The molecule has 2 amide bonds. The van der Waals surface area contributed by atoms with Crippen LogP contribution in [0.5, 0.6) is 5.75 Å². The maximum absolute atomic E-state index is 13.1. The molecule has 0 heterocycles. The largest absolute Gasteiger partial charge is 0.494 e. The summed E-state index contributed by atoms with van der Waals surface area (Å²) in [4.78, 5) is 27.7. The zero-order valence-corrected chi connectivity index (χ0v) is 18.0. The Balaban J connectivity index is 1.68. The Morgan fingerprint density at radius 3 is 2.43 bits per heavy atom. The lowest BCUT2D eigenvalue weighted by atomic mass is 9.94. The summed E-state index contributed by atoms with van der Waals surface area (Å²) in [7, 11) is 1.87. The Hall–Kier alpha value is -2.82. The van der Waals surface area contributed by atoms with Gasteiger partial charge in [0.2, 0.25) is 0 Å². The fourth-order valence-corrected chi connectivity index (χ4v) is 3.83. The number of rotatable bonds is 8. The second-order valence-electron chi connectivity index (χ2n) is 7.93. The van der Waals surface area contributed by atoms with E-state index in [1.54, 1.807) is 36.4 Å². The van der Waals surface area contributed by atoms with Gasteiger partial charge in [-0.15, -0.1) is 0 Å². The number of hydrogen-bond acceptors (Lipinski definition) is 3. The minimum absolute atomic E-state index is 0.0440. The van der Waals surface area contributed by atoms with Crippen LogP contribution >= 0.6 is 0 Å². The maximum atomic E-state index is 13.1. The van der Waals surface area contributed by atoms with Crippen LogP contribution in [0.15, 0.2) is 48.5 Å². The Bertz CT molecular complexity index is 842. The molecule has 0 bridgehead atoms. The van der Waals surface area contributed by atoms with E-state index in [1.807, 2.05) is 24.1 Å².